The average molecular weight is 381 g/mol. The number of anilines is 1. The number of hydrogen-bond donors (Lipinski definition) is 1. The highest BCUT2D eigenvalue weighted by Crippen LogP contribution is 2.14. The van der Waals surface area contributed by atoms with Gasteiger partial charge in [0.2, 0.25) is 5.91 Å². The number of amides is 2. The van der Waals surface area contributed by atoms with Crippen molar-refractivity contribution in [1.82, 2.24) is 4.90 Å². The number of nitrogens with zero attached hydrogens (tertiary/aromatic N) is 1. The fourth-order valence-corrected chi connectivity index (χ4v) is 2.89. The molecule has 0 aliphatic heterocycles. The number of benzene rings is 2. The second-order valence-electron chi connectivity index (χ2n) is 5.52. The zero-order valence-electron chi connectivity index (χ0n) is 13.7. The first kappa shape index (κ1) is 19.0. The van der Waals surface area contributed by atoms with E-state index in [0.29, 0.717) is 10.7 Å². The summed E-state index contributed by atoms with van der Waals surface area (Å²) >= 11 is 5.78. The Morgan fingerprint density at radius 2 is 1.76 bits per heavy atom. The predicted octanol–water partition coefficient (Wildman–Crippen LogP) is 2.45. The second-order valence-corrected chi connectivity index (χ2v) is 7.97. The van der Waals surface area contributed by atoms with Gasteiger partial charge in [-0.15, -0.1) is 0 Å². The number of rotatable bonds is 5. The van der Waals surface area contributed by atoms with Gasteiger partial charge in [0.1, 0.15) is 0 Å². The van der Waals surface area contributed by atoms with E-state index in [1.165, 1.54) is 36.2 Å². The molecular formula is C17H17ClN2O4S. The smallest absolute Gasteiger partial charge is 0.254 e. The molecule has 0 bridgehead atoms. The normalized spacial score (nSPS) is 11.0. The summed E-state index contributed by atoms with van der Waals surface area (Å²) in [6.45, 7) is -0.176. The van der Waals surface area contributed by atoms with Crippen molar-refractivity contribution >= 4 is 38.9 Å². The number of nitrogens with one attached hydrogen (secondary N) is 1. The Morgan fingerprint density at radius 1 is 1.12 bits per heavy atom. The van der Waals surface area contributed by atoms with Crippen LogP contribution in [0.4, 0.5) is 5.69 Å². The summed E-state index contributed by atoms with van der Waals surface area (Å²) in [5.74, 6) is -0.825. The first-order chi connectivity index (χ1) is 11.7. The fourth-order valence-electron chi connectivity index (χ4n) is 2.10. The Labute approximate surface area is 151 Å². The molecular weight excluding hydrogens is 364 g/mol. The zero-order chi connectivity index (χ0) is 18.6. The van der Waals surface area contributed by atoms with Crippen molar-refractivity contribution < 1.29 is 18.0 Å². The molecule has 0 aliphatic rings. The van der Waals surface area contributed by atoms with Crippen molar-refractivity contribution in [2.45, 2.75) is 4.90 Å². The summed E-state index contributed by atoms with van der Waals surface area (Å²) in [7, 11) is -1.94. The Kier molecular flexibility index (Phi) is 5.81. The molecule has 1 N–H and O–H groups in total. The molecule has 2 aromatic carbocycles. The van der Waals surface area contributed by atoms with E-state index in [9.17, 15) is 18.0 Å². The molecule has 25 heavy (non-hydrogen) atoms. The van der Waals surface area contributed by atoms with Crippen LogP contribution in [0.15, 0.2) is 53.4 Å². The van der Waals surface area contributed by atoms with E-state index in [-0.39, 0.29) is 22.9 Å². The van der Waals surface area contributed by atoms with Gasteiger partial charge >= 0.3 is 0 Å². The lowest BCUT2D eigenvalue weighted by Crippen LogP contribution is -2.35. The first-order valence-electron chi connectivity index (χ1n) is 7.28. The average Bonchev–Trinajstić information content (AvgIpc) is 2.55. The lowest BCUT2D eigenvalue weighted by molar-refractivity contribution is -0.116. The Hall–Kier alpha value is -2.38. The number of likely N-dealkylation sites (N-methyl/N-ethyl adjacent to an activating group) is 1. The molecule has 0 saturated carbocycles. The van der Waals surface area contributed by atoms with E-state index in [1.54, 1.807) is 24.3 Å². The molecule has 0 heterocycles. The summed E-state index contributed by atoms with van der Waals surface area (Å²) in [4.78, 5) is 25.7. The van der Waals surface area contributed by atoms with E-state index < -0.39 is 15.7 Å². The van der Waals surface area contributed by atoms with Crippen molar-refractivity contribution in [2.24, 2.45) is 0 Å². The summed E-state index contributed by atoms with van der Waals surface area (Å²) in [6, 6.07) is 12.3. The monoisotopic (exact) mass is 380 g/mol. The summed E-state index contributed by atoms with van der Waals surface area (Å²) in [5.41, 5.74) is 0.763. The van der Waals surface area contributed by atoms with Crippen LogP contribution in [0.2, 0.25) is 5.02 Å². The molecule has 0 fully saturated rings. The van der Waals surface area contributed by atoms with Gasteiger partial charge in [-0.05, 0) is 42.5 Å². The van der Waals surface area contributed by atoms with Crippen LogP contribution in [0, 0.1) is 0 Å². The van der Waals surface area contributed by atoms with Crippen molar-refractivity contribution in [3.05, 3.63) is 59.1 Å². The lowest BCUT2D eigenvalue weighted by Gasteiger charge is -2.17. The third kappa shape index (κ3) is 5.30. The van der Waals surface area contributed by atoms with E-state index in [0.717, 1.165) is 6.26 Å². The Morgan fingerprint density at radius 3 is 2.36 bits per heavy atom. The molecule has 0 aromatic heterocycles. The maximum atomic E-state index is 12.4. The minimum atomic E-state index is -3.41. The highest BCUT2D eigenvalue weighted by atomic mass is 35.5. The van der Waals surface area contributed by atoms with Crippen LogP contribution in [0.5, 0.6) is 0 Å². The number of hydrogen-bond acceptors (Lipinski definition) is 4. The van der Waals surface area contributed by atoms with Gasteiger partial charge in [0.05, 0.1) is 11.4 Å². The molecule has 0 radical (unpaired) electrons. The van der Waals surface area contributed by atoms with Crippen LogP contribution in [0.25, 0.3) is 0 Å². The number of carbonyl (C=O) groups excluding carboxylic acids is 2. The Balaban J connectivity index is 2.05. The third-order valence-electron chi connectivity index (χ3n) is 3.36. The maximum Gasteiger partial charge on any atom is 0.254 e. The SMILES string of the molecule is CN(CC(=O)Nc1ccc(Cl)cc1)C(=O)c1cccc(S(C)(=O)=O)c1. The van der Waals surface area contributed by atoms with E-state index >= 15 is 0 Å². The lowest BCUT2D eigenvalue weighted by atomic mass is 10.2. The van der Waals surface area contributed by atoms with Crippen LogP contribution in [-0.4, -0.2) is 45.0 Å². The van der Waals surface area contributed by atoms with Crippen LogP contribution in [0.3, 0.4) is 0 Å². The van der Waals surface area contributed by atoms with Gasteiger partial charge in [-0.25, -0.2) is 8.42 Å². The molecule has 2 aromatic rings. The molecule has 0 aliphatic carbocycles. The van der Waals surface area contributed by atoms with Gasteiger partial charge in [-0.2, -0.15) is 0 Å². The van der Waals surface area contributed by atoms with Crippen molar-refractivity contribution in [2.75, 3.05) is 25.2 Å². The highest BCUT2D eigenvalue weighted by molar-refractivity contribution is 7.90. The van der Waals surface area contributed by atoms with Crippen LogP contribution in [-0.2, 0) is 14.6 Å². The van der Waals surface area contributed by atoms with Gasteiger partial charge in [0.25, 0.3) is 5.91 Å². The van der Waals surface area contributed by atoms with Gasteiger partial charge in [0.15, 0.2) is 9.84 Å². The molecule has 0 atom stereocenters. The molecule has 2 amide bonds. The van der Waals surface area contributed by atoms with Gasteiger partial charge < -0.3 is 10.2 Å². The minimum absolute atomic E-state index is 0.0531. The van der Waals surface area contributed by atoms with Crippen LogP contribution < -0.4 is 5.32 Å². The molecule has 8 heteroatoms. The molecule has 132 valence electrons. The quantitative estimate of drug-likeness (QED) is 0.863. The minimum Gasteiger partial charge on any atom is -0.332 e. The predicted molar refractivity (Wildman–Crippen MR) is 96.6 cm³/mol. The van der Waals surface area contributed by atoms with Gasteiger partial charge in [-0.1, -0.05) is 17.7 Å². The number of halogens is 1. The molecule has 0 unspecified atom stereocenters. The highest BCUT2D eigenvalue weighted by Gasteiger charge is 2.17. The summed E-state index contributed by atoms with van der Waals surface area (Å²) in [5, 5.41) is 3.21. The standard InChI is InChI=1S/C17H17ClN2O4S/c1-20(11-16(21)19-14-8-6-13(18)7-9-14)17(22)12-4-3-5-15(10-12)25(2,23)24/h3-10H,11H2,1-2H3,(H,19,21). The Bertz CT molecular complexity index is 895. The zero-order valence-corrected chi connectivity index (χ0v) is 15.3. The van der Waals surface area contributed by atoms with E-state index in [1.807, 2.05) is 0 Å². The largest absolute Gasteiger partial charge is 0.332 e. The van der Waals surface area contributed by atoms with Crippen molar-refractivity contribution in [1.29, 1.82) is 0 Å². The van der Waals surface area contributed by atoms with Crippen molar-refractivity contribution in [3.8, 4) is 0 Å². The van der Waals surface area contributed by atoms with Crippen molar-refractivity contribution in [3.63, 3.8) is 0 Å². The number of carbonyl (C=O) groups is 2. The fraction of sp³-hybridized carbons (Fsp3) is 0.176. The van der Waals surface area contributed by atoms with E-state index in [2.05, 4.69) is 5.32 Å². The molecule has 0 spiro atoms. The van der Waals surface area contributed by atoms with E-state index in [4.69, 9.17) is 11.6 Å². The maximum absolute atomic E-state index is 12.4. The first-order valence-corrected chi connectivity index (χ1v) is 9.55. The summed E-state index contributed by atoms with van der Waals surface area (Å²) < 4.78 is 23.2. The van der Waals surface area contributed by atoms with Gasteiger partial charge in [-0.3, -0.25) is 9.59 Å². The molecule has 2 rings (SSSR count). The molecule has 0 saturated heterocycles. The summed E-state index contributed by atoms with van der Waals surface area (Å²) in [6.07, 6.45) is 1.07. The third-order valence-corrected chi connectivity index (χ3v) is 4.73. The van der Waals surface area contributed by atoms with Gasteiger partial charge in [0, 0.05) is 29.6 Å². The van der Waals surface area contributed by atoms with Crippen LogP contribution in [0.1, 0.15) is 10.4 Å². The molecule has 6 nitrogen and oxygen atoms in total. The topological polar surface area (TPSA) is 83.6 Å². The number of sulfone groups is 1. The van der Waals surface area contributed by atoms with Crippen LogP contribution >= 0.6 is 11.6 Å². The second kappa shape index (κ2) is 7.67.